The highest BCUT2D eigenvalue weighted by Crippen LogP contribution is 2.01. The highest BCUT2D eigenvalue weighted by atomic mass is 16.3. The Morgan fingerprint density at radius 1 is 1.67 bits per heavy atom. The van der Waals surface area contributed by atoms with Gasteiger partial charge in [-0.25, -0.2) is 0 Å². The summed E-state index contributed by atoms with van der Waals surface area (Å²) in [4.78, 5) is 0. The maximum atomic E-state index is 9.06. The van der Waals surface area contributed by atoms with E-state index < -0.39 is 0 Å². The second-order valence-electron chi connectivity index (χ2n) is 2.35. The van der Waals surface area contributed by atoms with Crippen molar-refractivity contribution in [2.45, 2.75) is 26.0 Å². The van der Waals surface area contributed by atoms with E-state index in [4.69, 9.17) is 5.11 Å². The molecule has 0 unspecified atom stereocenters. The van der Waals surface area contributed by atoms with Gasteiger partial charge in [0.05, 0.1) is 12.1 Å². The molecule has 54 valence electrons. The summed E-state index contributed by atoms with van der Waals surface area (Å²) in [6.45, 7) is 7.37. The third-order valence-electron chi connectivity index (χ3n) is 1.32. The zero-order valence-corrected chi connectivity index (χ0v) is 6.31. The Balaban J connectivity index is 3.83. The van der Waals surface area contributed by atoms with Crippen molar-refractivity contribution < 1.29 is 5.11 Å². The van der Waals surface area contributed by atoms with Crippen LogP contribution >= 0.6 is 0 Å². The van der Waals surface area contributed by atoms with Crippen LogP contribution in [0.1, 0.15) is 13.8 Å². The van der Waals surface area contributed by atoms with Gasteiger partial charge in [0.2, 0.25) is 0 Å². The Morgan fingerprint density at radius 2 is 2.11 bits per heavy atom. The van der Waals surface area contributed by atoms with Crippen molar-refractivity contribution in [1.29, 1.82) is 0 Å². The average Bonchev–Trinajstić information content (AvgIpc) is 1.64. The molecule has 9 heavy (non-hydrogen) atoms. The molecule has 0 aromatic rings. The van der Waals surface area contributed by atoms with E-state index in [1.165, 1.54) is 0 Å². The molecule has 2 nitrogen and oxygen atoms in total. The number of aliphatic hydroxyl groups is 1. The first-order valence-electron chi connectivity index (χ1n) is 3.10. The zero-order valence-electron chi connectivity index (χ0n) is 6.31. The molecule has 0 aliphatic carbocycles. The Hall–Kier alpha value is -0.340. The first-order valence-corrected chi connectivity index (χ1v) is 3.10. The summed E-state index contributed by atoms with van der Waals surface area (Å²) in [6, 6.07) is 0.0324. The van der Waals surface area contributed by atoms with Crippen molar-refractivity contribution in [3.05, 3.63) is 12.2 Å². The van der Waals surface area contributed by atoms with Crippen molar-refractivity contribution >= 4 is 0 Å². The molecule has 0 aliphatic heterocycles. The standard InChI is InChI=1S/C7H15NO/c1-5(2)7(8-4)6(3)9/h6-9H,1H2,2-4H3/t6-,7-/m1/s1. The van der Waals surface area contributed by atoms with Gasteiger partial charge in [-0.05, 0) is 20.9 Å². The summed E-state index contributed by atoms with van der Waals surface area (Å²) >= 11 is 0. The summed E-state index contributed by atoms with van der Waals surface area (Å²) < 4.78 is 0. The van der Waals surface area contributed by atoms with Gasteiger partial charge in [0, 0.05) is 0 Å². The van der Waals surface area contributed by atoms with Gasteiger partial charge in [-0.3, -0.25) is 0 Å². The van der Waals surface area contributed by atoms with Gasteiger partial charge in [0.1, 0.15) is 0 Å². The number of likely N-dealkylation sites (N-methyl/N-ethyl adjacent to an activating group) is 1. The fraction of sp³-hybridized carbons (Fsp3) is 0.714. The lowest BCUT2D eigenvalue weighted by Crippen LogP contribution is -2.36. The van der Waals surface area contributed by atoms with Crippen molar-refractivity contribution in [2.24, 2.45) is 0 Å². The molecule has 2 heteroatoms. The van der Waals surface area contributed by atoms with Gasteiger partial charge in [-0.1, -0.05) is 12.2 Å². The van der Waals surface area contributed by atoms with E-state index in [1.54, 1.807) is 6.92 Å². The molecule has 0 bridgehead atoms. The van der Waals surface area contributed by atoms with E-state index >= 15 is 0 Å². The smallest absolute Gasteiger partial charge is 0.0703 e. The molecule has 0 amide bonds. The summed E-state index contributed by atoms with van der Waals surface area (Å²) in [6.07, 6.45) is -0.354. The Labute approximate surface area is 56.6 Å². The van der Waals surface area contributed by atoms with Crippen molar-refractivity contribution in [3.63, 3.8) is 0 Å². The minimum atomic E-state index is -0.354. The van der Waals surface area contributed by atoms with Gasteiger partial charge < -0.3 is 10.4 Å². The monoisotopic (exact) mass is 129 g/mol. The number of hydrogen-bond acceptors (Lipinski definition) is 2. The van der Waals surface area contributed by atoms with E-state index in [1.807, 2.05) is 14.0 Å². The van der Waals surface area contributed by atoms with Crippen LogP contribution in [0, 0.1) is 0 Å². The van der Waals surface area contributed by atoms with Crippen LogP contribution in [0.25, 0.3) is 0 Å². The number of nitrogens with one attached hydrogen (secondary N) is 1. The Morgan fingerprint density at radius 3 is 2.11 bits per heavy atom. The van der Waals surface area contributed by atoms with E-state index in [2.05, 4.69) is 11.9 Å². The third-order valence-corrected chi connectivity index (χ3v) is 1.32. The molecule has 0 spiro atoms. The molecule has 0 aromatic carbocycles. The van der Waals surface area contributed by atoms with Gasteiger partial charge in [-0.2, -0.15) is 0 Å². The minimum absolute atomic E-state index is 0.0324. The molecule has 0 saturated heterocycles. The minimum Gasteiger partial charge on any atom is -0.391 e. The number of hydrogen-bond donors (Lipinski definition) is 2. The van der Waals surface area contributed by atoms with Crippen LogP contribution in [0.3, 0.4) is 0 Å². The molecule has 0 heterocycles. The van der Waals surface area contributed by atoms with Crippen molar-refractivity contribution in [2.75, 3.05) is 7.05 Å². The number of rotatable bonds is 3. The molecular weight excluding hydrogens is 114 g/mol. The first kappa shape index (κ1) is 8.66. The maximum Gasteiger partial charge on any atom is 0.0703 e. The molecule has 2 atom stereocenters. The second kappa shape index (κ2) is 3.64. The molecule has 0 aliphatic rings. The normalized spacial score (nSPS) is 16.9. The van der Waals surface area contributed by atoms with Crippen molar-refractivity contribution in [3.8, 4) is 0 Å². The fourth-order valence-corrected chi connectivity index (χ4v) is 0.899. The van der Waals surface area contributed by atoms with Crippen molar-refractivity contribution in [1.82, 2.24) is 5.32 Å². The molecule has 0 fully saturated rings. The van der Waals surface area contributed by atoms with E-state index in [0.29, 0.717) is 0 Å². The molecular formula is C7H15NO. The summed E-state index contributed by atoms with van der Waals surface area (Å²) in [5.74, 6) is 0. The van der Waals surface area contributed by atoms with Crippen LogP contribution < -0.4 is 5.32 Å². The SMILES string of the molecule is C=C(C)[C@@H](NC)[C@@H](C)O. The Kier molecular flexibility index (Phi) is 3.50. The first-order chi connectivity index (χ1) is 4.09. The zero-order chi connectivity index (χ0) is 7.44. The van der Waals surface area contributed by atoms with Crippen LogP contribution in [0.15, 0.2) is 12.2 Å². The summed E-state index contributed by atoms with van der Waals surface area (Å²) in [7, 11) is 1.81. The predicted octanol–water partition coefficient (Wildman–Crippen LogP) is 0.531. The highest BCUT2D eigenvalue weighted by molar-refractivity contribution is 5.03. The molecule has 0 aromatic heterocycles. The van der Waals surface area contributed by atoms with E-state index in [0.717, 1.165) is 5.57 Å². The molecule has 0 saturated carbocycles. The lowest BCUT2D eigenvalue weighted by molar-refractivity contribution is 0.164. The number of aliphatic hydroxyl groups excluding tert-OH is 1. The third kappa shape index (κ3) is 2.63. The average molecular weight is 129 g/mol. The van der Waals surface area contributed by atoms with Crippen LogP contribution in [-0.2, 0) is 0 Å². The lowest BCUT2D eigenvalue weighted by atomic mass is 10.1. The largest absolute Gasteiger partial charge is 0.391 e. The summed E-state index contributed by atoms with van der Waals surface area (Å²) in [5.41, 5.74) is 0.965. The lowest BCUT2D eigenvalue weighted by Gasteiger charge is -2.18. The van der Waals surface area contributed by atoms with Crippen LogP contribution in [0.2, 0.25) is 0 Å². The predicted molar refractivity (Wildman–Crippen MR) is 39.3 cm³/mol. The molecule has 0 radical (unpaired) electrons. The van der Waals surface area contributed by atoms with E-state index in [-0.39, 0.29) is 12.1 Å². The van der Waals surface area contributed by atoms with Gasteiger partial charge >= 0.3 is 0 Å². The van der Waals surface area contributed by atoms with Gasteiger partial charge in [0.25, 0.3) is 0 Å². The molecule has 2 N–H and O–H groups in total. The Bertz CT molecular complexity index is 99.1. The molecule has 0 rings (SSSR count). The second-order valence-corrected chi connectivity index (χ2v) is 2.35. The maximum absolute atomic E-state index is 9.06. The van der Waals surface area contributed by atoms with Crippen LogP contribution in [0.4, 0.5) is 0 Å². The van der Waals surface area contributed by atoms with Gasteiger partial charge in [-0.15, -0.1) is 0 Å². The fourth-order valence-electron chi connectivity index (χ4n) is 0.899. The topological polar surface area (TPSA) is 32.3 Å². The van der Waals surface area contributed by atoms with E-state index in [9.17, 15) is 0 Å². The highest BCUT2D eigenvalue weighted by Gasteiger charge is 2.11. The van der Waals surface area contributed by atoms with Crippen LogP contribution in [-0.4, -0.2) is 24.3 Å². The van der Waals surface area contributed by atoms with Crippen LogP contribution in [0.5, 0.6) is 0 Å². The summed E-state index contributed by atoms with van der Waals surface area (Å²) in [5, 5.41) is 12.0. The van der Waals surface area contributed by atoms with Gasteiger partial charge in [0.15, 0.2) is 0 Å². The quantitative estimate of drug-likeness (QED) is 0.545.